The molecule has 1 aromatic heterocycles. The molecule has 0 saturated heterocycles. The number of carbonyl (C=O) groups excluding carboxylic acids is 2. The first-order chi connectivity index (χ1) is 20.4. The summed E-state index contributed by atoms with van der Waals surface area (Å²) < 4.78 is 53.4. The molecular weight excluding hydrogens is 612 g/mol. The fourth-order valence-corrected chi connectivity index (χ4v) is 6.97. The van der Waals surface area contributed by atoms with Crippen LogP contribution < -0.4 is 11.5 Å². The van der Waals surface area contributed by atoms with E-state index in [9.17, 15) is 22.8 Å². The number of benzene rings is 2. The predicted octanol–water partition coefficient (Wildman–Crippen LogP) is 7.56. The van der Waals surface area contributed by atoms with Crippen molar-refractivity contribution in [1.82, 2.24) is 0 Å². The maximum Gasteiger partial charge on any atom is 0.426 e. The minimum atomic E-state index is -4.67. The molecule has 1 unspecified atom stereocenters. The fraction of sp³-hybridized carbons (Fsp3) is 0.387. The Morgan fingerprint density at radius 2 is 1.73 bits per heavy atom. The second-order valence-electron chi connectivity index (χ2n) is 12.2. The molecule has 0 bridgehead atoms. The summed E-state index contributed by atoms with van der Waals surface area (Å²) in [6, 6.07) is 14.3. The molecule has 0 aliphatic heterocycles. The monoisotopic (exact) mass is 647 g/mol. The summed E-state index contributed by atoms with van der Waals surface area (Å²) in [6.07, 6.45) is -4.34. The number of fused-ring (bicyclic) bond motifs is 1. The van der Waals surface area contributed by atoms with Gasteiger partial charge in [-0.3, -0.25) is 0 Å². The van der Waals surface area contributed by atoms with Gasteiger partial charge in [-0.25, -0.2) is 9.59 Å². The van der Waals surface area contributed by atoms with Crippen LogP contribution in [0, 0.1) is 0 Å². The number of rotatable bonds is 9. The first-order valence-electron chi connectivity index (χ1n) is 14.0. The predicted molar refractivity (Wildman–Crippen MR) is 166 cm³/mol. The average molecular weight is 648 g/mol. The van der Waals surface area contributed by atoms with Crippen molar-refractivity contribution in [2.24, 2.45) is 16.6 Å². The molecule has 3 aromatic rings. The van der Waals surface area contributed by atoms with Crippen LogP contribution in [0.2, 0.25) is 18.1 Å². The van der Waals surface area contributed by atoms with E-state index < -0.39 is 37.0 Å². The zero-order valence-corrected chi connectivity index (χ0v) is 27.0. The van der Waals surface area contributed by atoms with E-state index in [2.05, 4.69) is 39.0 Å². The number of ether oxygens (including phenoxy) is 1. The SMILES string of the molecule is CC(C)(C)[Si](C)(C)OCCC1(OC(N)=O)CCc2c(/C(N)=N/OC(=O)c3cc(-c4ccccc4)c(C(F)(F)F)s3)cccc21. The summed E-state index contributed by atoms with van der Waals surface area (Å²) in [5.41, 5.74) is 12.7. The Hall–Kier alpha value is -3.68. The molecule has 236 valence electrons. The Kier molecular flexibility index (Phi) is 9.34. The van der Waals surface area contributed by atoms with Gasteiger partial charge in [-0.1, -0.05) is 74.5 Å². The van der Waals surface area contributed by atoms with Gasteiger partial charge in [-0.2, -0.15) is 13.2 Å². The number of hydrogen-bond donors (Lipinski definition) is 2. The average Bonchev–Trinajstić information content (AvgIpc) is 3.54. The molecule has 0 saturated carbocycles. The van der Waals surface area contributed by atoms with E-state index in [1.807, 2.05) is 6.07 Å². The first kappa shape index (κ1) is 33.2. The van der Waals surface area contributed by atoms with Crippen molar-refractivity contribution < 1.29 is 36.8 Å². The molecule has 1 aliphatic rings. The highest BCUT2D eigenvalue weighted by molar-refractivity contribution is 7.14. The van der Waals surface area contributed by atoms with Crippen molar-refractivity contribution in [3.05, 3.63) is 81.0 Å². The third-order valence-electron chi connectivity index (χ3n) is 8.30. The number of nitrogens with zero attached hydrogens (tertiary/aromatic N) is 1. The van der Waals surface area contributed by atoms with E-state index >= 15 is 0 Å². The summed E-state index contributed by atoms with van der Waals surface area (Å²) in [7, 11) is -2.07. The van der Waals surface area contributed by atoms with Crippen molar-refractivity contribution in [3.8, 4) is 11.1 Å². The van der Waals surface area contributed by atoms with Gasteiger partial charge in [0, 0.05) is 24.2 Å². The summed E-state index contributed by atoms with van der Waals surface area (Å²) in [5, 5.41) is 3.77. The highest BCUT2D eigenvalue weighted by atomic mass is 32.1. The molecule has 0 fully saturated rings. The van der Waals surface area contributed by atoms with Crippen LogP contribution in [0.15, 0.2) is 59.8 Å². The van der Waals surface area contributed by atoms with Crippen molar-refractivity contribution in [2.75, 3.05) is 6.61 Å². The zero-order chi connectivity index (χ0) is 32.5. The Balaban J connectivity index is 1.58. The van der Waals surface area contributed by atoms with Crippen molar-refractivity contribution in [1.29, 1.82) is 0 Å². The van der Waals surface area contributed by atoms with Crippen LogP contribution in [0.25, 0.3) is 11.1 Å². The molecular formula is C31H36F3N3O5SSi. The molecule has 1 heterocycles. The van der Waals surface area contributed by atoms with Gasteiger partial charge in [0.2, 0.25) is 0 Å². The van der Waals surface area contributed by atoms with Crippen molar-refractivity contribution in [2.45, 2.75) is 69.9 Å². The third-order valence-corrected chi connectivity index (χ3v) is 14.0. The highest BCUT2D eigenvalue weighted by Gasteiger charge is 2.44. The normalized spacial score (nSPS) is 17.3. The highest BCUT2D eigenvalue weighted by Crippen LogP contribution is 2.46. The van der Waals surface area contributed by atoms with Gasteiger partial charge in [0.1, 0.15) is 15.4 Å². The molecule has 1 aliphatic carbocycles. The summed E-state index contributed by atoms with van der Waals surface area (Å²) >= 11 is 0.274. The van der Waals surface area contributed by atoms with Crippen LogP contribution in [0.3, 0.4) is 0 Å². The van der Waals surface area contributed by atoms with Crippen LogP contribution >= 0.6 is 11.3 Å². The molecule has 2 aromatic carbocycles. The molecule has 1 atom stereocenters. The molecule has 1 amide bonds. The number of amides is 1. The van der Waals surface area contributed by atoms with E-state index in [4.69, 9.17) is 25.5 Å². The van der Waals surface area contributed by atoms with E-state index in [1.165, 1.54) is 12.1 Å². The number of halogens is 3. The Morgan fingerprint density at radius 3 is 2.34 bits per heavy atom. The van der Waals surface area contributed by atoms with Crippen molar-refractivity contribution in [3.63, 3.8) is 0 Å². The number of thiophene rings is 1. The largest absolute Gasteiger partial charge is 0.438 e. The third kappa shape index (κ3) is 7.00. The van der Waals surface area contributed by atoms with Gasteiger partial charge in [0.05, 0.1) is 0 Å². The number of carbonyl (C=O) groups is 2. The molecule has 4 N–H and O–H groups in total. The van der Waals surface area contributed by atoms with Gasteiger partial charge in [-0.15, -0.1) is 11.3 Å². The lowest BCUT2D eigenvalue weighted by atomic mass is 9.91. The van der Waals surface area contributed by atoms with Gasteiger partial charge < -0.3 is 25.5 Å². The first-order valence-corrected chi connectivity index (χ1v) is 17.7. The Labute approximate surface area is 259 Å². The minimum Gasteiger partial charge on any atom is -0.438 e. The number of primary amides is 1. The van der Waals surface area contributed by atoms with E-state index in [0.29, 0.717) is 42.6 Å². The molecule has 0 radical (unpaired) electrons. The van der Waals surface area contributed by atoms with E-state index in [0.717, 1.165) is 11.6 Å². The molecule has 4 rings (SSSR count). The smallest absolute Gasteiger partial charge is 0.426 e. The topological polar surface area (TPSA) is 126 Å². The summed E-state index contributed by atoms with van der Waals surface area (Å²) in [4.78, 5) is 28.6. The maximum absolute atomic E-state index is 13.8. The fourth-order valence-electron chi connectivity index (χ4n) is 5.00. The summed E-state index contributed by atoms with van der Waals surface area (Å²) in [6.45, 7) is 11.0. The lowest BCUT2D eigenvalue weighted by Crippen LogP contribution is -2.42. The number of amidine groups is 1. The zero-order valence-electron chi connectivity index (χ0n) is 25.2. The van der Waals surface area contributed by atoms with Crippen LogP contribution in [0.4, 0.5) is 18.0 Å². The Bertz CT molecular complexity index is 1570. The molecule has 44 heavy (non-hydrogen) atoms. The quantitative estimate of drug-likeness (QED) is 0.0812. The number of hydrogen-bond acceptors (Lipinski definition) is 7. The summed E-state index contributed by atoms with van der Waals surface area (Å²) in [5.74, 6) is -1.23. The standard InChI is InChI=1S/C31H36F3N3O5SSi/c1-29(2,3)44(4,5)40-17-16-30(41-28(36)39)15-14-20-21(12-9-13-23(20)30)26(35)37-42-27(38)24-18-22(19-10-7-6-8-11-19)25(43-24)31(32,33)34/h6-13,18H,14-17H2,1-5H3,(H2,35,37)(H2,36,39). The maximum atomic E-state index is 13.8. The van der Waals surface area contributed by atoms with Crippen LogP contribution in [0.5, 0.6) is 0 Å². The van der Waals surface area contributed by atoms with Crippen LogP contribution in [-0.4, -0.2) is 32.8 Å². The number of oxime groups is 1. The second-order valence-corrected chi connectivity index (χ2v) is 18.0. The minimum absolute atomic E-state index is 0.00561. The van der Waals surface area contributed by atoms with E-state index in [-0.39, 0.29) is 32.7 Å². The van der Waals surface area contributed by atoms with Gasteiger partial charge in [0.15, 0.2) is 14.2 Å². The van der Waals surface area contributed by atoms with Gasteiger partial charge in [-0.05, 0) is 53.7 Å². The lowest BCUT2D eigenvalue weighted by Gasteiger charge is -2.37. The molecule has 8 nitrogen and oxygen atoms in total. The van der Waals surface area contributed by atoms with Crippen LogP contribution in [0.1, 0.15) is 64.9 Å². The van der Waals surface area contributed by atoms with Crippen molar-refractivity contribution >= 4 is 37.6 Å². The molecule has 0 spiro atoms. The number of alkyl halides is 3. The molecule has 13 heteroatoms. The lowest BCUT2D eigenvalue weighted by molar-refractivity contribution is -0.133. The van der Waals surface area contributed by atoms with E-state index in [1.54, 1.807) is 30.3 Å². The van der Waals surface area contributed by atoms with Gasteiger partial charge >= 0.3 is 18.2 Å². The number of nitrogens with two attached hydrogens (primary N) is 2. The van der Waals surface area contributed by atoms with Gasteiger partial charge in [0.25, 0.3) is 0 Å². The Morgan fingerprint density at radius 1 is 1.05 bits per heavy atom. The van der Waals surface area contributed by atoms with Crippen LogP contribution in [-0.2, 0) is 32.2 Å². The second kappa shape index (κ2) is 12.4.